The molecule has 0 bridgehead atoms. The molecule has 2 aliphatic rings. The summed E-state index contributed by atoms with van der Waals surface area (Å²) >= 11 is 3.61. The van der Waals surface area contributed by atoms with Crippen molar-refractivity contribution in [3.8, 4) is 17.2 Å². The molecule has 6 heteroatoms. The molecule has 2 aliphatic heterocycles. The highest BCUT2D eigenvalue weighted by Crippen LogP contribution is 2.48. The van der Waals surface area contributed by atoms with Crippen molar-refractivity contribution in [2.24, 2.45) is 5.10 Å². The van der Waals surface area contributed by atoms with Gasteiger partial charge in [-0.25, -0.2) is 5.01 Å². The van der Waals surface area contributed by atoms with Gasteiger partial charge in [0.2, 0.25) is 6.23 Å². The van der Waals surface area contributed by atoms with Crippen LogP contribution >= 0.6 is 15.9 Å². The van der Waals surface area contributed by atoms with Crippen LogP contribution in [0, 0.1) is 0 Å². The molecule has 0 amide bonds. The number of nitrogens with zero attached hydrogens (tertiary/aromatic N) is 2. The van der Waals surface area contributed by atoms with E-state index >= 15 is 0 Å². The molecule has 5 nitrogen and oxygen atoms in total. The number of halogens is 1. The Morgan fingerprint density at radius 3 is 2.41 bits per heavy atom. The van der Waals surface area contributed by atoms with Gasteiger partial charge in [-0.05, 0) is 86.1 Å². The predicted molar refractivity (Wildman–Crippen MR) is 128 cm³/mol. The third-order valence-electron chi connectivity index (χ3n) is 5.71. The number of rotatable bonds is 5. The van der Waals surface area contributed by atoms with E-state index in [0.717, 1.165) is 50.5 Å². The second-order valence-electron chi connectivity index (χ2n) is 8.26. The van der Waals surface area contributed by atoms with Crippen molar-refractivity contribution in [2.75, 3.05) is 7.11 Å². The van der Waals surface area contributed by atoms with Crippen molar-refractivity contribution in [1.29, 1.82) is 0 Å². The standard InChI is InChI=1S/C26H25BrN2O3/c1-16(2)31-21-11-6-18(7-12-21)26-29-24(22-14-19(27)8-13-25(22)32-26)15-23(28-29)17-4-9-20(30-3)10-5-17/h4-14,16,24,26H,15H2,1-3H3. The highest BCUT2D eigenvalue weighted by molar-refractivity contribution is 9.10. The molecule has 0 N–H and O–H groups in total. The third-order valence-corrected chi connectivity index (χ3v) is 6.21. The van der Waals surface area contributed by atoms with E-state index in [1.54, 1.807) is 7.11 Å². The molecule has 5 rings (SSSR count). The minimum Gasteiger partial charge on any atom is -0.497 e. The first kappa shape index (κ1) is 20.9. The van der Waals surface area contributed by atoms with Gasteiger partial charge in [-0.2, -0.15) is 5.10 Å². The van der Waals surface area contributed by atoms with E-state index in [9.17, 15) is 0 Å². The summed E-state index contributed by atoms with van der Waals surface area (Å²) in [6.07, 6.45) is 0.638. The van der Waals surface area contributed by atoms with Crippen molar-refractivity contribution in [3.63, 3.8) is 0 Å². The molecule has 0 radical (unpaired) electrons. The monoisotopic (exact) mass is 492 g/mol. The zero-order valence-electron chi connectivity index (χ0n) is 18.3. The Balaban J connectivity index is 1.52. The molecule has 3 aromatic carbocycles. The zero-order chi connectivity index (χ0) is 22.2. The number of ether oxygens (including phenoxy) is 3. The highest BCUT2D eigenvalue weighted by atomic mass is 79.9. The SMILES string of the molecule is COc1ccc(C2=NN3C(C2)c2cc(Br)ccc2OC3c2ccc(OC(C)C)cc2)cc1. The molecule has 0 saturated heterocycles. The van der Waals surface area contributed by atoms with Gasteiger partial charge in [0.15, 0.2) is 0 Å². The highest BCUT2D eigenvalue weighted by Gasteiger charge is 2.41. The van der Waals surface area contributed by atoms with Gasteiger partial charge >= 0.3 is 0 Å². The Bertz CT molecular complexity index is 1140. The van der Waals surface area contributed by atoms with E-state index in [2.05, 4.69) is 51.3 Å². The lowest BCUT2D eigenvalue weighted by atomic mass is 9.96. The van der Waals surface area contributed by atoms with E-state index in [4.69, 9.17) is 19.3 Å². The smallest absolute Gasteiger partial charge is 0.213 e. The van der Waals surface area contributed by atoms with Gasteiger partial charge in [0.05, 0.1) is 25.0 Å². The molecule has 2 atom stereocenters. The molecule has 0 spiro atoms. The Labute approximate surface area is 196 Å². The van der Waals surface area contributed by atoms with E-state index < -0.39 is 0 Å². The summed E-state index contributed by atoms with van der Waals surface area (Å²) in [7, 11) is 1.68. The van der Waals surface area contributed by atoms with Crippen LogP contribution < -0.4 is 14.2 Å². The van der Waals surface area contributed by atoms with E-state index in [0.29, 0.717) is 0 Å². The van der Waals surface area contributed by atoms with Gasteiger partial charge in [0.25, 0.3) is 0 Å². The molecule has 32 heavy (non-hydrogen) atoms. The van der Waals surface area contributed by atoms with E-state index in [1.165, 1.54) is 0 Å². The number of methoxy groups -OCH3 is 1. The van der Waals surface area contributed by atoms with Gasteiger partial charge < -0.3 is 14.2 Å². The largest absolute Gasteiger partial charge is 0.497 e. The molecule has 2 heterocycles. The van der Waals surface area contributed by atoms with Crippen LogP contribution in [0.1, 0.15) is 49.2 Å². The second kappa shape index (κ2) is 8.51. The van der Waals surface area contributed by atoms with Crippen LogP contribution in [0.3, 0.4) is 0 Å². The van der Waals surface area contributed by atoms with Gasteiger partial charge in [0.1, 0.15) is 17.2 Å². The first-order chi connectivity index (χ1) is 15.5. The van der Waals surface area contributed by atoms with E-state index in [-0.39, 0.29) is 18.4 Å². The second-order valence-corrected chi connectivity index (χ2v) is 9.18. The van der Waals surface area contributed by atoms with Gasteiger partial charge in [-0.3, -0.25) is 0 Å². The molecule has 0 fully saturated rings. The number of hydrogen-bond donors (Lipinski definition) is 0. The topological polar surface area (TPSA) is 43.3 Å². The molecule has 0 aliphatic carbocycles. The molecule has 0 aromatic heterocycles. The number of hydrazone groups is 1. The van der Waals surface area contributed by atoms with Crippen LogP contribution in [-0.2, 0) is 0 Å². The van der Waals surface area contributed by atoms with Crippen molar-refractivity contribution < 1.29 is 14.2 Å². The maximum Gasteiger partial charge on any atom is 0.213 e. The Hall–Kier alpha value is -2.99. The summed E-state index contributed by atoms with van der Waals surface area (Å²) < 4.78 is 18.6. The third kappa shape index (κ3) is 3.95. The first-order valence-corrected chi connectivity index (χ1v) is 11.5. The summed E-state index contributed by atoms with van der Waals surface area (Å²) in [6.45, 7) is 4.05. The van der Waals surface area contributed by atoms with Crippen LogP contribution in [0.5, 0.6) is 17.2 Å². The maximum absolute atomic E-state index is 6.47. The molecule has 164 valence electrons. The van der Waals surface area contributed by atoms with Crippen LogP contribution in [0.25, 0.3) is 0 Å². The lowest BCUT2D eigenvalue weighted by Crippen LogP contribution is -2.33. The Morgan fingerprint density at radius 1 is 1.00 bits per heavy atom. The lowest BCUT2D eigenvalue weighted by molar-refractivity contribution is -0.0191. The average molecular weight is 493 g/mol. The normalized spacial score (nSPS) is 19.2. The van der Waals surface area contributed by atoms with Gasteiger partial charge in [0, 0.05) is 22.0 Å². The summed E-state index contributed by atoms with van der Waals surface area (Å²) in [5, 5.41) is 7.12. The van der Waals surface area contributed by atoms with Crippen LogP contribution in [-0.4, -0.2) is 23.9 Å². The molecule has 0 saturated carbocycles. The number of benzene rings is 3. The summed E-state index contributed by atoms with van der Waals surface area (Å²) in [6, 6.07) is 22.5. The van der Waals surface area contributed by atoms with Crippen LogP contribution in [0.15, 0.2) is 76.3 Å². The number of hydrogen-bond acceptors (Lipinski definition) is 5. The average Bonchev–Trinajstić information content (AvgIpc) is 3.25. The first-order valence-electron chi connectivity index (χ1n) is 10.7. The Morgan fingerprint density at radius 2 is 1.72 bits per heavy atom. The fourth-order valence-electron chi connectivity index (χ4n) is 4.22. The van der Waals surface area contributed by atoms with Gasteiger partial charge in [-0.15, -0.1) is 0 Å². The van der Waals surface area contributed by atoms with Crippen molar-refractivity contribution >= 4 is 21.6 Å². The van der Waals surface area contributed by atoms with Crippen LogP contribution in [0.2, 0.25) is 0 Å². The zero-order valence-corrected chi connectivity index (χ0v) is 19.9. The fraction of sp³-hybridized carbons (Fsp3) is 0.269. The fourth-order valence-corrected chi connectivity index (χ4v) is 4.60. The summed E-state index contributed by atoms with van der Waals surface area (Å²) in [5.74, 6) is 2.58. The lowest BCUT2D eigenvalue weighted by Gasteiger charge is -2.38. The van der Waals surface area contributed by atoms with Crippen molar-refractivity contribution in [2.45, 2.75) is 38.6 Å². The minimum atomic E-state index is -0.308. The van der Waals surface area contributed by atoms with Crippen molar-refractivity contribution in [3.05, 3.63) is 87.9 Å². The molecular weight excluding hydrogens is 468 g/mol. The van der Waals surface area contributed by atoms with Crippen LogP contribution in [0.4, 0.5) is 0 Å². The maximum atomic E-state index is 6.47. The Kier molecular flexibility index (Phi) is 5.55. The van der Waals surface area contributed by atoms with E-state index in [1.807, 2.05) is 50.2 Å². The minimum absolute atomic E-state index is 0.102. The number of fused-ring (bicyclic) bond motifs is 3. The van der Waals surface area contributed by atoms with Gasteiger partial charge in [-0.1, -0.05) is 15.9 Å². The summed E-state index contributed by atoms with van der Waals surface area (Å²) in [5.41, 5.74) is 4.32. The summed E-state index contributed by atoms with van der Waals surface area (Å²) in [4.78, 5) is 0. The molecule has 2 unspecified atom stereocenters. The molecule has 3 aromatic rings. The quantitative estimate of drug-likeness (QED) is 0.408. The van der Waals surface area contributed by atoms with Crippen molar-refractivity contribution in [1.82, 2.24) is 5.01 Å². The predicted octanol–water partition coefficient (Wildman–Crippen LogP) is 6.49. The molecular formula is C26H25BrN2O3.